The average Bonchev–Trinajstić information content (AvgIpc) is 2.95. The molecule has 0 aliphatic carbocycles. The van der Waals surface area contributed by atoms with E-state index in [1.54, 1.807) is 24.3 Å². The third-order valence-corrected chi connectivity index (χ3v) is 7.04. The summed E-state index contributed by atoms with van der Waals surface area (Å²) < 4.78 is 0. The van der Waals surface area contributed by atoms with Crippen LogP contribution in [0.15, 0.2) is 72.8 Å². The number of nitrogens with one attached hydrogen (secondary N) is 2. The van der Waals surface area contributed by atoms with Crippen molar-refractivity contribution in [2.24, 2.45) is 0 Å². The van der Waals surface area contributed by atoms with Crippen molar-refractivity contribution in [3.8, 4) is 5.75 Å². The van der Waals surface area contributed by atoms with Crippen LogP contribution < -0.4 is 16.4 Å². The lowest BCUT2D eigenvalue weighted by Gasteiger charge is -2.19. The molecule has 0 spiro atoms. The summed E-state index contributed by atoms with van der Waals surface area (Å²) in [6.07, 6.45) is 9.53. The van der Waals surface area contributed by atoms with Crippen molar-refractivity contribution in [3.63, 3.8) is 0 Å². The van der Waals surface area contributed by atoms with Gasteiger partial charge >= 0.3 is 0 Å². The molecule has 1 atom stereocenters. The van der Waals surface area contributed by atoms with Gasteiger partial charge in [-0.2, -0.15) is 0 Å². The Balaban J connectivity index is 1.61. The Morgan fingerprint density at radius 3 is 2.26 bits per heavy atom. The average molecular weight is 530 g/mol. The molecule has 0 radical (unpaired) electrons. The third-order valence-electron chi connectivity index (χ3n) is 7.04. The van der Waals surface area contributed by atoms with Gasteiger partial charge < -0.3 is 21.5 Å². The normalized spacial score (nSPS) is 11.6. The number of benzene rings is 3. The number of anilines is 1. The minimum Gasteiger partial charge on any atom is -0.508 e. The highest BCUT2D eigenvalue weighted by molar-refractivity contribution is 5.98. The Bertz CT molecular complexity index is 1160. The first-order chi connectivity index (χ1) is 19.0. The number of carbonyl (C=O) groups is 2. The van der Waals surface area contributed by atoms with E-state index in [1.165, 1.54) is 25.7 Å². The molecule has 0 aliphatic rings. The summed E-state index contributed by atoms with van der Waals surface area (Å²) in [5.74, 6) is -0.195. The molecule has 208 valence electrons. The largest absolute Gasteiger partial charge is 0.508 e. The van der Waals surface area contributed by atoms with Gasteiger partial charge in [-0.05, 0) is 79.1 Å². The van der Waals surface area contributed by atoms with Crippen LogP contribution in [-0.2, 0) is 24.1 Å². The van der Waals surface area contributed by atoms with Crippen LogP contribution in [0.1, 0.15) is 78.9 Å². The summed E-state index contributed by atoms with van der Waals surface area (Å²) in [6.45, 7) is 2.82. The molecule has 0 aliphatic heterocycles. The number of amides is 2. The van der Waals surface area contributed by atoms with Crippen molar-refractivity contribution in [2.75, 3.05) is 12.3 Å². The van der Waals surface area contributed by atoms with E-state index in [0.717, 1.165) is 36.0 Å². The third kappa shape index (κ3) is 10.5. The minimum absolute atomic E-state index is 0.143. The highest BCUT2D eigenvalue weighted by atomic mass is 16.3. The number of hydrogen-bond donors (Lipinski definition) is 4. The van der Waals surface area contributed by atoms with Crippen molar-refractivity contribution >= 4 is 17.5 Å². The molecule has 3 rings (SSSR count). The zero-order valence-corrected chi connectivity index (χ0v) is 23.1. The Hall–Kier alpha value is -3.80. The molecule has 0 bridgehead atoms. The molecule has 3 aromatic carbocycles. The SMILES string of the molecule is CCCCCCCCNC(=O)[C@H](CCc1ccccc1)NC(=O)c1ccc(N)c(CCc2ccc(O)cc2)c1. The maximum atomic E-state index is 13.3. The van der Waals surface area contributed by atoms with E-state index >= 15 is 0 Å². The lowest BCUT2D eigenvalue weighted by molar-refractivity contribution is -0.123. The van der Waals surface area contributed by atoms with Crippen LogP contribution in [0.25, 0.3) is 0 Å². The highest BCUT2D eigenvalue weighted by Crippen LogP contribution is 2.19. The second-order valence-corrected chi connectivity index (χ2v) is 10.2. The molecule has 6 heteroatoms. The summed E-state index contributed by atoms with van der Waals surface area (Å²) >= 11 is 0. The highest BCUT2D eigenvalue weighted by Gasteiger charge is 2.21. The fourth-order valence-corrected chi connectivity index (χ4v) is 4.61. The number of phenols is 1. The fraction of sp³-hybridized carbons (Fsp3) is 0.394. The van der Waals surface area contributed by atoms with Crippen LogP contribution >= 0.6 is 0 Å². The number of nitrogens with two attached hydrogens (primary N) is 1. The number of hydrogen-bond acceptors (Lipinski definition) is 4. The minimum atomic E-state index is -0.629. The first-order valence-corrected chi connectivity index (χ1v) is 14.2. The first kappa shape index (κ1) is 29.8. The molecule has 6 nitrogen and oxygen atoms in total. The Morgan fingerprint density at radius 1 is 0.821 bits per heavy atom. The van der Waals surface area contributed by atoms with Gasteiger partial charge in [0.1, 0.15) is 11.8 Å². The summed E-state index contributed by atoms with van der Waals surface area (Å²) in [5.41, 5.74) is 10.4. The number of phenolic OH excluding ortho intramolecular Hbond substituents is 1. The standard InChI is InChI=1S/C33H43N3O3/c1-2-3-4-5-6-10-23-35-33(39)31(22-16-25-11-8-7-9-12-25)36-32(38)28-18-21-30(34)27(24-28)17-13-26-14-19-29(37)20-15-26/h7-9,11-12,14-15,18-21,24,31,37H,2-6,10,13,16-17,22-23,34H2,1H3,(H,35,39)(H,36,38)/t31-/m0/s1. The molecule has 0 unspecified atom stereocenters. The lowest BCUT2D eigenvalue weighted by atomic mass is 10.00. The molecule has 39 heavy (non-hydrogen) atoms. The van der Waals surface area contributed by atoms with E-state index in [0.29, 0.717) is 37.1 Å². The maximum Gasteiger partial charge on any atom is 0.251 e. The molecule has 0 fully saturated rings. The van der Waals surface area contributed by atoms with Gasteiger partial charge in [-0.1, -0.05) is 81.5 Å². The summed E-state index contributed by atoms with van der Waals surface area (Å²) in [4.78, 5) is 26.4. The number of aromatic hydroxyl groups is 1. The predicted octanol–water partition coefficient (Wildman–Crippen LogP) is 5.97. The molecular weight excluding hydrogens is 486 g/mol. The fourth-order valence-electron chi connectivity index (χ4n) is 4.61. The van der Waals surface area contributed by atoms with Gasteiger partial charge in [0.05, 0.1) is 0 Å². The van der Waals surface area contributed by atoms with Crippen LogP contribution in [0.4, 0.5) is 5.69 Å². The van der Waals surface area contributed by atoms with E-state index in [4.69, 9.17) is 5.73 Å². The van der Waals surface area contributed by atoms with E-state index in [1.807, 2.05) is 48.5 Å². The van der Waals surface area contributed by atoms with Crippen molar-refractivity contribution in [1.82, 2.24) is 10.6 Å². The quantitative estimate of drug-likeness (QED) is 0.136. The van der Waals surface area contributed by atoms with Crippen LogP contribution in [0.2, 0.25) is 0 Å². The van der Waals surface area contributed by atoms with Gasteiger partial charge in [0, 0.05) is 17.8 Å². The molecule has 0 saturated heterocycles. The summed E-state index contributed by atoms with van der Waals surface area (Å²) in [6, 6.07) is 21.7. The molecule has 0 aromatic heterocycles. The van der Waals surface area contributed by atoms with Crippen molar-refractivity contribution in [1.29, 1.82) is 0 Å². The Labute approximate surface area is 233 Å². The van der Waals surface area contributed by atoms with E-state index < -0.39 is 6.04 Å². The predicted molar refractivity (Wildman–Crippen MR) is 159 cm³/mol. The van der Waals surface area contributed by atoms with Crippen LogP contribution in [0.5, 0.6) is 5.75 Å². The number of rotatable bonds is 16. The lowest BCUT2D eigenvalue weighted by Crippen LogP contribution is -2.47. The first-order valence-electron chi connectivity index (χ1n) is 14.2. The molecular formula is C33H43N3O3. The van der Waals surface area contributed by atoms with Gasteiger partial charge in [-0.15, -0.1) is 0 Å². The van der Waals surface area contributed by atoms with Crippen LogP contribution in [0.3, 0.4) is 0 Å². The Morgan fingerprint density at radius 2 is 1.51 bits per heavy atom. The number of aryl methyl sites for hydroxylation is 3. The molecule has 5 N–H and O–H groups in total. The van der Waals surface area contributed by atoms with Crippen molar-refractivity contribution in [2.45, 2.75) is 77.2 Å². The van der Waals surface area contributed by atoms with Crippen molar-refractivity contribution in [3.05, 3.63) is 95.1 Å². The van der Waals surface area contributed by atoms with E-state index in [9.17, 15) is 14.7 Å². The molecule has 0 heterocycles. The molecule has 2 amide bonds. The monoisotopic (exact) mass is 529 g/mol. The Kier molecular flexibility index (Phi) is 12.4. The second kappa shape index (κ2) is 16.2. The maximum absolute atomic E-state index is 13.3. The van der Waals surface area contributed by atoms with Gasteiger partial charge in [-0.25, -0.2) is 0 Å². The topological polar surface area (TPSA) is 104 Å². The summed E-state index contributed by atoms with van der Waals surface area (Å²) in [5, 5.41) is 15.5. The van der Waals surface area contributed by atoms with Gasteiger partial charge in [0.25, 0.3) is 5.91 Å². The number of unbranched alkanes of at least 4 members (excludes halogenated alkanes) is 5. The van der Waals surface area contributed by atoms with Gasteiger partial charge in [0.2, 0.25) is 5.91 Å². The zero-order valence-electron chi connectivity index (χ0n) is 23.1. The summed E-state index contributed by atoms with van der Waals surface area (Å²) in [7, 11) is 0. The van der Waals surface area contributed by atoms with E-state index in [-0.39, 0.29) is 17.6 Å². The van der Waals surface area contributed by atoms with E-state index in [2.05, 4.69) is 17.6 Å². The molecule has 0 saturated carbocycles. The smallest absolute Gasteiger partial charge is 0.251 e. The second-order valence-electron chi connectivity index (χ2n) is 10.2. The van der Waals surface area contributed by atoms with Crippen LogP contribution in [-0.4, -0.2) is 29.5 Å². The number of nitrogen functional groups attached to an aromatic ring is 1. The van der Waals surface area contributed by atoms with Crippen molar-refractivity contribution < 1.29 is 14.7 Å². The van der Waals surface area contributed by atoms with Gasteiger partial charge in [0.15, 0.2) is 0 Å². The molecule has 3 aromatic rings. The van der Waals surface area contributed by atoms with Crippen LogP contribution in [0, 0.1) is 0 Å². The zero-order chi connectivity index (χ0) is 27.9. The number of carbonyl (C=O) groups excluding carboxylic acids is 2. The van der Waals surface area contributed by atoms with Gasteiger partial charge in [-0.3, -0.25) is 9.59 Å².